The normalized spacial score (nSPS) is 11.1. The zero-order valence-corrected chi connectivity index (χ0v) is 33.9. The second-order valence-corrected chi connectivity index (χ2v) is 14.3. The molecule has 55 heavy (non-hydrogen) atoms. The largest absolute Gasteiger partial charge is 0.305 e. The van der Waals surface area contributed by atoms with Crippen LogP contribution in [0.3, 0.4) is 0 Å². The molecule has 0 spiro atoms. The van der Waals surface area contributed by atoms with Gasteiger partial charge in [-0.3, -0.25) is 0 Å². The van der Waals surface area contributed by atoms with E-state index in [0.29, 0.717) is 5.82 Å². The second-order valence-electron chi connectivity index (χ2n) is 14.3. The molecule has 3 nitrogen and oxygen atoms in total. The first-order valence-corrected chi connectivity index (χ1v) is 18.7. The van der Waals surface area contributed by atoms with Crippen molar-refractivity contribution < 1.29 is 20.1 Å². The van der Waals surface area contributed by atoms with E-state index < -0.39 is 0 Å². The monoisotopic (exact) mass is 889 g/mol. The van der Waals surface area contributed by atoms with Gasteiger partial charge in [0.05, 0.1) is 11.4 Å². The van der Waals surface area contributed by atoms with Crippen molar-refractivity contribution in [3.05, 3.63) is 187 Å². The molecule has 0 aliphatic rings. The molecule has 0 N–H and O–H groups in total. The van der Waals surface area contributed by atoms with Crippen LogP contribution in [0.4, 0.5) is 0 Å². The Morgan fingerprint density at radius 2 is 0.964 bits per heavy atom. The van der Waals surface area contributed by atoms with Crippen molar-refractivity contribution in [2.45, 2.75) is 39.5 Å². The molecule has 0 atom stereocenters. The Hall–Kier alpha value is -5.80. The van der Waals surface area contributed by atoms with Crippen LogP contribution in [0.2, 0.25) is 0 Å². The maximum Gasteiger partial charge on any atom is 0.160 e. The molecule has 8 aromatic rings. The van der Waals surface area contributed by atoms with Gasteiger partial charge in [0.15, 0.2) is 5.82 Å². The minimum Gasteiger partial charge on any atom is -0.305 e. The minimum atomic E-state index is 0. The number of aromatic nitrogens is 3. The van der Waals surface area contributed by atoms with Crippen LogP contribution in [0, 0.1) is 6.07 Å². The Bertz CT molecular complexity index is 2520. The molecular formula is C51H42IrN3-. The number of pyridine rings is 1. The first-order valence-electron chi connectivity index (χ1n) is 18.7. The van der Waals surface area contributed by atoms with Crippen LogP contribution in [0.25, 0.3) is 78.5 Å². The number of nitrogens with zero attached hydrogens (tertiary/aromatic N) is 3. The summed E-state index contributed by atoms with van der Waals surface area (Å²) in [5.41, 5.74) is 16.0. The summed E-state index contributed by atoms with van der Waals surface area (Å²) in [6.07, 6.45) is 1.83. The summed E-state index contributed by atoms with van der Waals surface area (Å²) in [5, 5.41) is 0. The van der Waals surface area contributed by atoms with E-state index in [-0.39, 0.29) is 31.9 Å². The molecule has 0 bridgehead atoms. The fraction of sp³-hybridized carbons (Fsp3) is 0.118. The quantitative estimate of drug-likeness (QED) is 0.136. The van der Waals surface area contributed by atoms with E-state index in [1.54, 1.807) is 0 Å². The molecule has 0 saturated heterocycles. The molecule has 0 saturated carbocycles. The molecule has 8 rings (SSSR count). The Labute approximate surface area is 338 Å². The van der Waals surface area contributed by atoms with Crippen molar-refractivity contribution in [2.75, 3.05) is 0 Å². The van der Waals surface area contributed by atoms with Crippen LogP contribution in [0.15, 0.2) is 170 Å². The fourth-order valence-electron chi connectivity index (χ4n) is 7.31. The summed E-state index contributed by atoms with van der Waals surface area (Å²) >= 11 is 0. The van der Waals surface area contributed by atoms with Crippen molar-refractivity contribution in [2.24, 2.45) is 0 Å². The maximum absolute atomic E-state index is 5.63. The molecule has 2 aromatic heterocycles. The van der Waals surface area contributed by atoms with Gasteiger partial charge in [0.1, 0.15) is 0 Å². The average Bonchev–Trinajstić information content (AvgIpc) is 3.24. The van der Waals surface area contributed by atoms with Gasteiger partial charge in [0, 0.05) is 48.6 Å². The molecule has 4 heteroatoms. The van der Waals surface area contributed by atoms with Gasteiger partial charge in [-0.2, -0.15) is 0 Å². The van der Waals surface area contributed by atoms with E-state index in [4.69, 9.17) is 9.97 Å². The number of hydrogen-bond acceptors (Lipinski definition) is 3. The first-order chi connectivity index (χ1) is 26.4. The van der Waals surface area contributed by atoms with Crippen molar-refractivity contribution in [1.82, 2.24) is 15.0 Å². The molecule has 0 fully saturated rings. The molecule has 1 radical (unpaired) electrons. The van der Waals surface area contributed by atoms with Gasteiger partial charge in [0.2, 0.25) is 0 Å². The topological polar surface area (TPSA) is 38.7 Å². The van der Waals surface area contributed by atoms with Gasteiger partial charge >= 0.3 is 0 Å². The van der Waals surface area contributed by atoms with Crippen molar-refractivity contribution >= 4 is 0 Å². The average molecular weight is 889 g/mol. The molecule has 2 heterocycles. The van der Waals surface area contributed by atoms with Crippen LogP contribution in [-0.2, 0) is 20.1 Å². The first kappa shape index (κ1) is 37.5. The standard InChI is InChI=1S/C51H42N3.Ir/c1-34(2)44-27-16-28-45(35(3)4)48(44)50-47(42-25-15-24-41(33-42)46-29-11-12-30-52-46)49(37-19-9-6-10-20-37)53-51(54-50)43-26-14-23-40(32-43)39-22-13-21-38(31-39)36-17-7-5-8-18-36;/h5-23,25-35H,1-4H3;/q-1;. The third-order valence-corrected chi connectivity index (χ3v) is 10.0. The number of benzene rings is 6. The number of rotatable bonds is 9. The molecule has 0 unspecified atom stereocenters. The summed E-state index contributed by atoms with van der Waals surface area (Å²) < 4.78 is 0. The molecule has 0 aliphatic carbocycles. The zero-order chi connectivity index (χ0) is 37.0. The summed E-state index contributed by atoms with van der Waals surface area (Å²) in [6, 6.07) is 60.9. The van der Waals surface area contributed by atoms with Crippen LogP contribution in [0.5, 0.6) is 0 Å². The van der Waals surface area contributed by atoms with Crippen LogP contribution in [0.1, 0.15) is 50.7 Å². The van der Waals surface area contributed by atoms with Crippen molar-refractivity contribution in [3.63, 3.8) is 0 Å². The van der Waals surface area contributed by atoms with Gasteiger partial charge < -0.3 is 4.98 Å². The second kappa shape index (κ2) is 16.7. The Morgan fingerprint density at radius 1 is 0.436 bits per heavy atom. The fourth-order valence-corrected chi connectivity index (χ4v) is 7.31. The summed E-state index contributed by atoms with van der Waals surface area (Å²) in [4.78, 5) is 15.8. The van der Waals surface area contributed by atoms with E-state index in [2.05, 4.69) is 178 Å². The van der Waals surface area contributed by atoms with Crippen LogP contribution in [-0.4, -0.2) is 15.0 Å². The predicted octanol–water partition coefficient (Wildman–Crippen LogP) is 13.6. The van der Waals surface area contributed by atoms with Crippen LogP contribution < -0.4 is 0 Å². The zero-order valence-electron chi connectivity index (χ0n) is 31.5. The van der Waals surface area contributed by atoms with Gasteiger partial charge in [0.25, 0.3) is 0 Å². The van der Waals surface area contributed by atoms with E-state index in [1.165, 1.54) is 27.8 Å². The summed E-state index contributed by atoms with van der Waals surface area (Å²) in [7, 11) is 0. The smallest absolute Gasteiger partial charge is 0.160 e. The van der Waals surface area contributed by atoms with Gasteiger partial charge in [-0.1, -0.05) is 161 Å². The molecule has 6 aromatic carbocycles. The SMILES string of the molecule is CC(C)c1cccc(C(C)C)c1-c1nc(-c2cccc(-c3cccc(-c4ccccc4)c3)c2)nc(-c2ccccc2)c1-c1cc[c-]c(-c2ccccn2)c1.[Ir]. The molecule has 0 aliphatic heterocycles. The van der Waals surface area contributed by atoms with Crippen molar-refractivity contribution in [1.29, 1.82) is 0 Å². The Morgan fingerprint density at radius 3 is 1.58 bits per heavy atom. The number of hydrogen-bond donors (Lipinski definition) is 0. The van der Waals surface area contributed by atoms with E-state index in [1.807, 2.05) is 30.5 Å². The van der Waals surface area contributed by atoms with Crippen molar-refractivity contribution in [3.8, 4) is 78.5 Å². The summed E-state index contributed by atoms with van der Waals surface area (Å²) in [6.45, 7) is 9.08. The van der Waals surface area contributed by atoms with E-state index in [9.17, 15) is 0 Å². The van der Waals surface area contributed by atoms with Gasteiger partial charge in [-0.25, -0.2) is 9.97 Å². The van der Waals surface area contributed by atoms with Gasteiger partial charge in [-0.05, 0) is 69.1 Å². The summed E-state index contributed by atoms with van der Waals surface area (Å²) in [5.74, 6) is 1.24. The van der Waals surface area contributed by atoms with E-state index in [0.717, 1.165) is 56.0 Å². The van der Waals surface area contributed by atoms with Crippen LogP contribution >= 0.6 is 0 Å². The molecule has 271 valence electrons. The third kappa shape index (κ3) is 7.89. The minimum absolute atomic E-state index is 0. The molecule has 0 amide bonds. The molecular weight excluding hydrogens is 847 g/mol. The Balaban J connectivity index is 0.00000465. The van der Waals surface area contributed by atoms with Gasteiger partial charge in [-0.15, -0.1) is 29.8 Å². The maximum atomic E-state index is 5.63. The Kier molecular flexibility index (Phi) is 11.4. The van der Waals surface area contributed by atoms with E-state index >= 15 is 0 Å². The predicted molar refractivity (Wildman–Crippen MR) is 225 cm³/mol. The third-order valence-electron chi connectivity index (χ3n) is 10.0.